The highest BCUT2D eigenvalue weighted by molar-refractivity contribution is 5.18. The third kappa shape index (κ3) is 3.13. The number of halogens is 2. The number of rotatable bonds is 4. The Kier molecular flexibility index (Phi) is 3.87. The maximum Gasteiger partial charge on any atom is 0.129 e. The minimum atomic E-state index is -0.503. The molecule has 0 spiro atoms. The molecule has 1 rings (SSSR count). The van der Waals surface area contributed by atoms with Crippen LogP contribution in [0.4, 0.5) is 8.78 Å². The van der Waals surface area contributed by atoms with E-state index in [1.807, 2.05) is 0 Å². The highest BCUT2D eigenvalue weighted by atomic mass is 19.1. The van der Waals surface area contributed by atoms with E-state index in [2.05, 4.69) is 6.92 Å². The summed E-state index contributed by atoms with van der Waals surface area (Å²) in [5.74, 6) is -0.923. The summed E-state index contributed by atoms with van der Waals surface area (Å²) >= 11 is 0. The van der Waals surface area contributed by atoms with E-state index in [-0.39, 0.29) is 0 Å². The molecule has 0 aliphatic heterocycles. The van der Waals surface area contributed by atoms with Crippen LogP contribution in [-0.4, -0.2) is 0 Å². The van der Waals surface area contributed by atoms with Crippen LogP contribution >= 0.6 is 0 Å². The molecule has 0 aliphatic rings. The van der Waals surface area contributed by atoms with E-state index in [0.29, 0.717) is 12.0 Å². The molecule has 0 atom stereocenters. The Balaban J connectivity index is 2.56. The van der Waals surface area contributed by atoms with Crippen LogP contribution in [0.2, 0.25) is 0 Å². The summed E-state index contributed by atoms with van der Waals surface area (Å²) in [4.78, 5) is 0. The smallest absolute Gasteiger partial charge is 0.129 e. The van der Waals surface area contributed by atoms with Gasteiger partial charge in [0, 0.05) is 6.07 Å². The van der Waals surface area contributed by atoms with Crippen LogP contribution in [0, 0.1) is 11.6 Å². The Morgan fingerprint density at radius 1 is 1.15 bits per heavy atom. The number of benzene rings is 1. The van der Waals surface area contributed by atoms with E-state index in [1.54, 1.807) is 0 Å². The molecule has 0 aliphatic carbocycles. The van der Waals surface area contributed by atoms with E-state index < -0.39 is 11.6 Å². The monoisotopic (exact) mass is 184 g/mol. The van der Waals surface area contributed by atoms with Crippen molar-refractivity contribution in [2.24, 2.45) is 0 Å². The van der Waals surface area contributed by atoms with Crippen molar-refractivity contribution in [1.29, 1.82) is 0 Å². The molecule has 0 aromatic heterocycles. The van der Waals surface area contributed by atoms with Crippen molar-refractivity contribution in [3.8, 4) is 0 Å². The highest BCUT2D eigenvalue weighted by Crippen LogP contribution is 2.12. The van der Waals surface area contributed by atoms with Crippen LogP contribution in [0.25, 0.3) is 0 Å². The minimum Gasteiger partial charge on any atom is -0.207 e. The first-order valence-corrected chi connectivity index (χ1v) is 4.68. The fourth-order valence-electron chi connectivity index (χ4n) is 1.29. The van der Waals surface area contributed by atoms with Crippen molar-refractivity contribution in [3.05, 3.63) is 35.4 Å². The zero-order valence-corrected chi connectivity index (χ0v) is 7.82. The molecule has 0 saturated heterocycles. The topological polar surface area (TPSA) is 0 Å². The van der Waals surface area contributed by atoms with Gasteiger partial charge in [0.05, 0.1) is 0 Å². The summed E-state index contributed by atoms with van der Waals surface area (Å²) in [6.45, 7) is 2.10. The van der Waals surface area contributed by atoms with Crippen molar-refractivity contribution in [3.63, 3.8) is 0 Å². The van der Waals surface area contributed by atoms with Crippen LogP contribution in [0.3, 0.4) is 0 Å². The number of aryl methyl sites for hydroxylation is 1. The quantitative estimate of drug-likeness (QED) is 0.626. The average molecular weight is 184 g/mol. The van der Waals surface area contributed by atoms with Crippen molar-refractivity contribution < 1.29 is 8.78 Å². The van der Waals surface area contributed by atoms with Crippen molar-refractivity contribution in [2.45, 2.75) is 32.6 Å². The van der Waals surface area contributed by atoms with Gasteiger partial charge < -0.3 is 0 Å². The van der Waals surface area contributed by atoms with E-state index in [0.717, 1.165) is 25.3 Å². The second kappa shape index (κ2) is 4.95. The minimum absolute atomic E-state index is 0.420. The van der Waals surface area contributed by atoms with Crippen molar-refractivity contribution in [2.75, 3.05) is 0 Å². The van der Waals surface area contributed by atoms with Gasteiger partial charge in [-0.3, -0.25) is 0 Å². The highest BCUT2D eigenvalue weighted by Gasteiger charge is 2.02. The van der Waals surface area contributed by atoms with Crippen LogP contribution in [0.1, 0.15) is 31.7 Å². The summed E-state index contributed by atoms with van der Waals surface area (Å²) in [5.41, 5.74) is 0.620. The predicted molar refractivity (Wildman–Crippen MR) is 49.6 cm³/mol. The molecule has 2 heteroatoms. The van der Waals surface area contributed by atoms with Gasteiger partial charge in [-0.1, -0.05) is 25.8 Å². The first-order valence-electron chi connectivity index (χ1n) is 4.68. The molecular weight excluding hydrogens is 170 g/mol. The molecule has 0 radical (unpaired) electrons. The second-order valence-corrected chi connectivity index (χ2v) is 3.19. The standard InChI is InChI=1S/C11H14F2/c1-2-3-4-5-9-6-7-10(12)8-11(9)13/h6-8H,2-5H2,1H3. The van der Waals surface area contributed by atoms with E-state index in [1.165, 1.54) is 12.1 Å². The van der Waals surface area contributed by atoms with Crippen molar-refractivity contribution in [1.82, 2.24) is 0 Å². The Hall–Kier alpha value is -0.920. The molecule has 1 aromatic carbocycles. The van der Waals surface area contributed by atoms with E-state index in [4.69, 9.17) is 0 Å². The second-order valence-electron chi connectivity index (χ2n) is 3.19. The third-order valence-electron chi connectivity index (χ3n) is 2.06. The number of hydrogen-bond donors (Lipinski definition) is 0. The third-order valence-corrected chi connectivity index (χ3v) is 2.06. The fraction of sp³-hybridized carbons (Fsp3) is 0.455. The average Bonchev–Trinajstić information content (AvgIpc) is 2.09. The molecule has 0 bridgehead atoms. The largest absolute Gasteiger partial charge is 0.207 e. The lowest BCUT2D eigenvalue weighted by molar-refractivity contribution is 0.566. The molecule has 0 amide bonds. The summed E-state index contributed by atoms with van der Waals surface area (Å²) in [5, 5.41) is 0. The van der Waals surface area contributed by atoms with Gasteiger partial charge in [-0.2, -0.15) is 0 Å². The predicted octanol–water partition coefficient (Wildman–Crippen LogP) is 3.70. The Bertz CT molecular complexity index is 269. The molecular formula is C11H14F2. The molecule has 0 fully saturated rings. The van der Waals surface area contributed by atoms with Gasteiger partial charge in [0.15, 0.2) is 0 Å². The summed E-state index contributed by atoms with van der Waals surface area (Å²) < 4.78 is 25.5. The molecule has 0 nitrogen and oxygen atoms in total. The molecule has 0 unspecified atom stereocenters. The lowest BCUT2D eigenvalue weighted by Gasteiger charge is -2.01. The van der Waals surface area contributed by atoms with Crippen LogP contribution in [-0.2, 0) is 6.42 Å². The molecule has 72 valence electrons. The molecule has 1 aromatic rings. The first kappa shape index (κ1) is 10.2. The Labute approximate surface area is 77.6 Å². The maximum atomic E-state index is 13.0. The van der Waals surface area contributed by atoms with Gasteiger partial charge in [-0.25, -0.2) is 8.78 Å². The lowest BCUT2D eigenvalue weighted by atomic mass is 10.1. The van der Waals surface area contributed by atoms with Crippen LogP contribution < -0.4 is 0 Å². The SMILES string of the molecule is CCCCCc1ccc(F)cc1F. The summed E-state index contributed by atoms with van der Waals surface area (Å²) in [7, 11) is 0. The van der Waals surface area contributed by atoms with E-state index >= 15 is 0 Å². The molecule has 0 heterocycles. The van der Waals surface area contributed by atoms with Gasteiger partial charge in [0.25, 0.3) is 0 Å². The first-order chi connectivity index (χ1) is 6.24. The normalized spacial score (nSPS) is 10.4. The lowest BCUT2D eigenvalue weighted by Crippen LogP contribution is -1.91. The number of unbranched alkanes of at least 4 members (excludes halogenated alkanes) is 2. The van der Waals surface area contributed by atoms with Gasteiger partial charge >= 0.3 is 0 Å². The van der Waals surface area contributed by atoms with E-state index in [9.17, 15) is 8.78 Å². The van der Waals surface area contributed by atoms with Crippen LogP contribution in [0.5, 0.6) is 0 Å². The van der Waals surface area contributed by atoms with Gasteiger partial charge in [-0.15, -0.1) is 0 Å². The summed E-state index contributed by atoms with van der Waals surface area (Å²) in [6, 6.07) is 3.78. The van der Waals surface area contributed by atoms with Crippen molar-refractivity contribution >= 4 is 0 Å². The molecule has 0 saturated carbocycles. The zero-order valence-electron chi connectivity index (χ0n) is 7.82. The Morgan fingerprint density at radius 3 is 2.54 bits per heavy atom. The molecule has 13 heavy (non-hydrogen) atoms. The molecule has 0 N–H and O–H groups in total. The van der Waals surface area contributed by atoms with Gasteiger partial charge in [0.1, 0.15) is 11.6 Å². The van der Waals surface area contributed by atoms with Gasteiger partial charge in [-0.05, 0) is 24.5 Å². The van der Waals surface area contributed by atoms with Crippen LogP contribution in [0.15, 0.2) is 18.2 Å². The Morgan fingerprint density at radius 2 is 1.92 bits per heavy atom. The maximum absolute atomic E-state index is 13.0. The number of hydrogen-bond acceptors (Lipinski definition) is 0. The zero-order chi connectivity index (χ0) is 9.68. The summed E-state index contributed by atoms with van der Waals surface area (Å²) in [6.07, 6.45) is 3.89. The van der Waals surface area contributed by atoms with Gasteiger partial charge in [0.2, 0.25) is 0 Å². The fourth-order valence-corrected chi connectivity index (χ4v) is 1.29.